The lowest BCUT2D eigenvalue weighted by Gasteiger charge is -2.07. The minimum absolute atomic E-state index is 0.0718. The molecular weight excluding hydrogens is 605 g/mol. The van der Waals surface area contributed by atoms with E-state index in [0.29, 0.717) is 56.0 Å². The number of aromatic amines is 2. The van der Waals surface area contributed by atoms with Gasteiger partial charge in [-0.05, 0) is 60.0 Å². The minimum Gasteiger partial charge on any atom is -0.337 e. The van der Waals surface area contributed by atoms with Gasteiger partial charge in [-0.3, -0.25) is 14.9 Å². The van der Waals surface area contributed by atoms with E-state index in [-0.39, 0.29) is 18.1 Å². The van der Waals surface area contributed by atoms with Crippen LogP contribution in [0.1, 0.15) is 15.9 Å². The number of hydrogen-bond donors (Lipinski definition) is 3. The first-order valence-corrected chi connectivity index (χ1v) is 16.4. The predicted octanol–water partition coefficient (Wildman–Crippen LogP) is 6.21. The van der Waals surface area contributed by atoms with E-state index in [9.17, 15) is 17.6 Å². The first kappa shape index (κ1) is 29.0. The summed E-state index contributed by atoms with van der Waals surface area (Å²) in [5, 5.41) is 11.1. The Labute approximate surface area is 262 Å². The topological polar surface area (TPSA) is 146 Å². The summed E-state index contributed by atoms with van der Waals surface area (Å²) < 4.78 is 38.0. The largest absolute Gasteiger partial charge is 0.337 e. The van der Waals surface area contributed by atoms with Gasteiger partial charge in [0.2, 0.25) is 0 Å². The van der Waals surface area contributed by atoms with Crippen LogP contribution in [0.2, 0.25) is 0 Å². The summed E-state index contributed by atoms with van der Waals surface area (Å²) >= 11 is 0. The molecule has 7 aromatic rings. The molecule has 7 rings (SSSR count). The molecule has 4 heterocycles. The summed E-state index contributed by atoms with van der Waals surface area (Å²) in [7, 11) is -3.20. The third kappa shape index (κ3) is 5.97. The van der Waals surface area contributed by atoms with Crippen LogP contribution in [-0.2, 0) is 16.3 Å². The monoisotopic (exact) mass is 631 g/mol. The predicted molar refractivity (Wildman–Crippen MR) is 175 cm³/mol. The summed E-state index contributed by atoms with van der Waals surface area (Å²) in [6.45, 7) is 0. The number of carbonyl (C=O) groups excluding carboxylic acids is 1. The highest BCUT2D eigenvalue weighted by molar-refractivity contribution is 7.90. The number of rotatable bonds is 8. The lowest BCUT2D eigenvalue weighted by Crippen LogP contribution is -2.11. The molecule has 3 N–H and O–H groups in total. The zero-order valence-corrected chi connectivity index (χ0v) is 25.3. The number of sulfone groups is 1. The molecule has 0 radical (unpaired) electrons. The van der Waals surface area contributed by atoms with E-state index in [4.69, 9.17) is 4.98 Å². The number of fused-ring (bicyclic) bond motifs is 2. The molecule has 0 saturated carbocycles. The van der Waals surface area contributed by atoms with Crippen LogP contribution in [0, 0.1) is 5.82 Å². The van der Waals surface area contributed by atoms with E-state index in [1.807, 2.05) is 36.4 Å². The minimum atomic E-state index is -3.20. The summed E-state index contributed by atoms with van der Waals surface area (Å²) in [5.41, 5.74) is 6.90. The molecule has 0 saturated heterocycles. The zero-order valence-electron chi connectivity index (χ0n) is 24.5. The Bertz CT molecular complexity index is 2370. The highest BCUT2D eigenvalue weighted by Crippen LogP contribution is 2.33. The van der Waals surface area contributed by atoms with Crippen molar-refractivity contribution in [1.82, 2.24) is 30.1 Å². The maximum Gasteiger partial charge on any atom is 0.255 e. The Morgan fingerprint density at radius 2 is 1.74 bits per heavy atom. The zero-order chi connectivity index (χ0) is 31.8. The molecule has 4 aromatic heterocycles. The average molecular weight is 632 g/mol. The summed E-state index contributed by atoms with van der Waals surface area (Å²) in [6.07, 6.45) is 6.34. The fraction of sp³-hybridized carbons (Fsp3) is 0.0882. The van der Waals surface area contributed by atoms with Gasteiger partial charge in [0.15, 0.2) is 11.5 Å². The fourth-order valence-electron chi connectivity index (χ4n) is 5.33. The van der Waals surface area contributed by atoms with Crippen molar-refractivity contribution >= 4 is 43.5 Å². The molecule has 0 aliphatic carbocycles. The number of hydrogen-bond acceptors (Lipinski definition) is 7. The third-order valence-corrected chi connectivity index (χ3v) is 8.49. The Kier molecular flexibility index (Phi) is 7.33. The van der Waals surface area contributed by atoms with Crippen molar-refractivity contribution < 1.29 is 17.6 Å². The van der Waals surface area contributed by atoms with Crippen LogP contribution in [0.4, 0.5) is 10.1 Å². The number of carbonyl (C=O) groups is 1. The fourth-order valence-corrected chi connectivity index (χ4v) is 5.94. The second kappa shape index (κ2) is 11.6. The Balaban J connectivity index is 1.22. The molecule has 0 atom stereocenters. The van der Waals surface area contributed by atoms with E-state index in [2.05, 4.69) is 30.5 Å². The number of anilines is 1. The Morgan fingerprint density at radius 3 is 2.57 bits per heavy atom. The Hall–Kier alpha value is -5.75. The number of benzene rings is 3. The van der Waals surface area contributed by atoms with Crippen molar-refractivity contribution in [2.75, 3.05) is 17.3 Å². The number of aromatic nitrogens is 6. The molecule has 0 aliphatic rings. The third-order valence-electron chi connectivity index (χ3n) is 7.55. The number of halogens is 1. The molecule has 1 amide bonds. The molecule has 0 fully saturated rings. The van der Waals surface area contributed by atoms with Crippen LogP contribution in [-0.4, -0.2) is 56.5 Å². The van der Waals surface area contributed by atoms with Gasteiger partial charge in [-0.2, -0.15) is 5.10 Å². The summed E-state index contributed by atoms with van der Waals surface area (Å²) in [5.74, 6) is -0.275. The van der Waals surface area contributed by atoms with Gasteiger partial charge in [-0.25, -0.2) is 22.8 Å². The summed E-state index contributed by atoms with van der Waals surface area (Å²) in [6, 6.07) is 22.8. The van der Waals surface area contributed by atoms with Crippen LogP contribution >= 0.6 is 0 Å². The average Bonchev–Trinajstić information content (AvgIpc) is 3.68. The molecule has 46 heavy (non-hydrogen) atoms. The molecule has 12 heteroatoms. The van der Waals surface area contributed by atoms with E-state index >= 15 is 0 Å². The Morgan fingerprint density at radius 1 is 0.913 bits per heavy atom. The first-order chi connectivity index (χ1) is 22.2. The quantitative estimate of drug-likeness (QED) is 0.181. The number of nitrogens with zero attached hydrogens (tertiary/aromatic N) is 4. The van der Waals surface area contributed by atoms with Gasteiger partial charge in [-0.1, -0.05) is 36.4 Å². The van der Waals surface area contributed by atoms with Gasteiger partial charge >= 0.3 is 0 Å². The maximum absolute atomic E-state index is 14.7. The number of H-pyrrole nitrogens is 2. The second-order valence-electron chi connectivity index (χ2n) is 11.0. The number of amides is 1. The van der Waals surface area contributed by atoms with Crippen molar-refractivity contribution in [3.05, 3.63) is 114 Å². The van der Waals surface area contributed by atoms with Crippen molar-refractivity contribution in [1.29, 1.82) is 0 Å². The van der Waals surface area contributed by atoms with Gasteiger partial charge in [0.25, 0.3) is 5.91 Å². The second-order valence-corrected chi connectivity index (χ2v) is 13.2. The van der Waals surface area contributed by atoms with E-state index in [0.717, 1.165) is 22.9 Å². The standard InChI is InChI=1S/C34H26FN7O3S/c1-46(44,45)11-10-20-12-22(14-25(35)13-20)27-8-5-9-29-30(27)40-33(39-29)31-28-16-24(18-37-32(28)42-41-31)23-15-26(19-36-17-23)38-34(43)21-6-3-2-4-7-21/h2-9,12-19H,10-11H2,1H3,(H,38,43)(H,39,40)(H,37,41,42). The lowest BCUT2D eigenvalue weighted by molar-refractivity contribution is 0.102. The van der Waals surface area contributed by atoms with Crippen LogP contribution < -0.4 is 5.32 Å². The van der Waals surface area contributed by atoms with Crippen LogP contribution in [0.15, 0.2) is 97.5 Å². The van der Waals surface area contributed by atoms with Crippen molar-refractivity contribution in [3.8, 4) is 33.8 Å². The smallest absolute Gasteiger partial charge is 0.255 e. The lowest BCUT2D eigenvalue weighted by atomic mass is 10.0. The van der Waals surface area contributed by atoms with Gasteiger partial charge in [0.1, 0.15) is 21.3 Å². The number of para-hydroxylation sites is 1. The van der Waals surface area contributed by atoms with Crippen LogP contribution in [0.25, 0.3) is 55.8 Å². The molecule has 3 aromatic carbocycles. The van der Waals surface area contributed by atoms with E-state index < -0.39 is 15.7 Å². The van der Waals surface area contributed by atoms with Crippen molar-refractivity contribution in [2.24, 2.45) is 0 Å². The van der Waals surface area contributed by atoms with Crippen molar-refractivity contribution in [3.63, 3.8) is 0 Å². The number of imidazole rings is 1. The summed E-state index contributed by atoms with van der Waals surface area (Å²) in [4.78, 5) is 29.7. The molecule has 0 unspecified atom stereocenters. The number of aryl methyl sites for hydroxylation is 1. The molecule has 0 spiro atoms. The van der Waals surface area contributed by atoms with Gasteiger partial charge in [0, 0.05) is 40.9 Å². The molecule has 0 bridgehead atoms. The van der Waals surface area contributed by atoms with Crippen LogP contribution in [0.3, 0.4) is 0 Å². The normalized spacial score (nSPS) is 11.7. The van der Waals surface area contributed by atoms with E-state index in [1.54, 1.807) is 48.9 Å². The molecule has 0 aliphatic heterocycles. The van der Waals surface area contributed by atoms with Crippen molar-refractivity contribution in [2.45, 2.75) is 6.42 Å². The van der Waals surface area contributed by atoms with Gasteiger partial charge in [0.05, 0.1) is 34.1 Å². The first-order valence-electron chi connectivity index (χ1n) is 14.3. The van der Waals surface area contributed by atoms with E-state index in [1.165, 1.54) is 12.1 Å². The molecule has 228 valence electrons. The van der Waals surface area contributed by atoms with Gasteiger partial charge in [-0.15, -0.1) is 0 Å². The highest BCUT2D eigenvalue weighted by Gasteiger charge is 2.18. The van der Waals surface area contributed by atoms with Gasteiger partial charge < -0.3 is 10.3 Å². The molecule has 10 nitrogen and oxygen atoms in total. The SMILES string of the molecule is CS(=O)(=O)CCc1cc(F)cc(-c2cccc3[nH]c(-c4n[nH]c5ncc(-c6cncc(NC(=O)c7ccccc7)c6)cc45)nc23)c1. The number of pyridine rings is 2. The maximum atomic E-state index is 14.7. The molecular formula is C34H26FN7O3S. The van der Waals surface area contributed by atoms with Crippen LogP contribution in [0.5, 0.6) is 0 Å². The highest BCUT2D eigenvalue weighted by atomic mass is 32.2. The number of nitrogens with one attached hydrogen (secondary N) is 3.